The number of nitrogens with zero attached hydrogens (tertiary/aromatic N) is 24. The summed E-state index contributed by atoms with van der Waals surface area (Å²) in [7, 11) is 7.96. The molecule has 0 saturated carbocycles. The van der Waals surface area contributed by atoms with E-state index in [9.17, 15) is 33.6 Å². The molecule has 15 aromatic heterocycles. The highest BCUT2D eigenvalue weighted by molar-refractivity contribution is 7.98. The Bertz CT molecular complexity index is 7970. The SMILES string of the molecule is COc1ccc(-c2cc(=O)n3cc(N4CCNCC4)ccc3n2)cc1[NH2+]O.CSc1ccc(-c2cc(=O)n3cc(N4CCNCC4)ccc3n2)cc1F.Cc1cn2cc(-c3cc(=O)n4cc(N5CCCN(C)CC5)ccc4n3)ccc2n1.Cc1cn2nc(-c3cc(=O)n4cc(N5CCN(C)CC5)ccc4n3)cc2c(C)n1.Cc1nc2ccc(-c3cc(=O)n4cc(N5CCN(C)CC5)ccc4n3)cc2o1.O. The van der Waals surface area contributed by atoms with Gasteiger partial charge in [-0.05, 0) is 176 Å². The lowest BCUT2D eigenvalue weighted by Gasteiger charge is -2.34. The lowest BCUT2D eigenvalue weighted by atomic mass is 10.1. The molecule has 0 radical (unpaired) electrons. The normalized spacial score (nSPS) is 15.2. The highest BCUT2D eigenvalue weighted by Gasteiger charge is 2.24. The molecular weight excluding hydrogens is 1800 g/mol. The van der Waals surface area contributed by atoms with E-state index in [0.717, 1.165) is 222 Å². The number of likely N-dealkylation sites (N-methyl/N-ethyl adjacent to an activating group) is 3. The molecule has 20 heterocycles. The first kappa shape index (κ1) is 95.3. The number of hydrogen-bond acceptors (Lipinski definition) is 28. The zero-order valence-electron chi connectivity index (χ0n) is 79.5. The van der Waals surface area contributed by atoms with Gasteiger partial charge in [0.05, 0.1) is 92.8 Å². The molecule has 5 aliphatic heterocycles. The minimum absolute atomic E-state index is 0. The molecule has 720 valence electrons. The standard InChI is InChI=1S/C22H24N6O.C21H23N7O.C21H21N5O2.C19H19FN4OS.C19H21N5O3.H2O/c1-16-13-27-14-17(4-6-20(27)23-16)19-12-22(29)28-15-18(5-7-21(28)24-19)26-9-3-8-25(2)10-11-26;1-14-12-28-19(15(2)22-14)10-18(24-28)17-11-21(29)27-13-16(4-5-20(27)23-17)26-8-6-25(3)7-9-26;1-14-22-17-5-3-15(11-19(17)28-14)18-12-21(27)26-13-16(4-6-20(26)23-18)25-9-7-24(2)8-10-25;1-26-17-4-2-13(10-15(17)20)16-11-19(25)24-12-14(3-5-18(24)22-16)23-8-6-21-7-9-23;1-27-17-4-2-13(10-16(17)22-26)15-11-19(25)24-12-14(3-5-18(24)21-15)23-8-6-20-7-9-23;/h4-7,12-15H,3,8-11H2,1-2H3;4-5,10-13H,6-9H2,1-3H3;3-6,11-13H,7-10H2,1-2H3;2-5,10-12,21H,6-9H2,1H3;2-5,10-12,20,22,26H,6-9H2,1H3;1H2/p+1. The van der Waals surface area contributed by atoms with Crippen LogP contribution >= 0.6 is 11.8 Å². The summed E-state index contributed by atoms with van der Waals surface area (Å²) in [4.78, 5) is 119. The summed E-state index contributed by atoms with van der Waals surface area (Å²) in [6, 6.07) is 49.1. The summed E-state index contributed by atoms with van der Waals surface area (Å²) in [6.07, 6.45) is 18.1. The Hall–Kier alpha value is -15.0. The molecule has 3 aromatic carbocycles. The molecule has 140 heavy (non-hydrogen) atoms. The van der Waals surface area contributed by atoms with E-state index in [0.29, 0.717) is 95.8 Å². The molecule has 18 aromatic rings. The molecule has 5 aliphatic rings. The topological polar surface area (TPSA) is 373 Å². The van der Waals surface area contributed by atoms with Crippen LogP contribution in [0.25, 0.3) is 107 Å². The summed E-state index contributed by atoms with van der Waals surface area (Å²) < 4.78 is 36.6. The van der Waals surface area contributed by atoms with Crippen molar-refractivity contribution in [1.29, 1.82) is 0 Å². The van der Waals surface area contributed by atoms with Gasteiger partial charge in [-0.3, -0.25) is 51.0 Å². The van der Waals surface area contributed by atoms with Crippen molar-refractivity contribution in [3.63, 3.8) is 0 Å². The molecule has 7 N–H and O–H groups in total. The molecule has 0 bridgehead atoms. The van der Waals surface area contributed by atoms with Gasteiger partial charge in [0.15, 0.2) is 17.2 Å². The number of halogens is 1. The van der Waals surface area contributed by atoms with E-state index >= 15 is 0 Å². The fourth-order valence-electron chi connectivity index (χ4n) is 18.1. The van der Waals surface area contributed by atoms with Gasteiger partial charge in [0, 0.05) is 238 Å². The molecule has 38 heteroatoms. The van der Waals surface area contributed by atoms with Gasteiger partial charge in [0.25, 0.3) is 27.8 Å². The Morgan fingerprint density at radius 1 is 0.393 bits per heavy atom. The van der Waals surface area contributed by atoms with Crippen molar-refractivity contribution in [3.05, 3.63) is 294 Å². The van der Waals surface area contributed by atoms with Crippen LogP contribution in [0.4, 0.5) is 38.5 Å². The van der Waals surface area contributed by atoms with E-state index < -0.39 is 0 Å². The molecule has 36 nitrogen and oxygen atoms in total. The number of quaternary nitrogens is 1. The third-order valence-electron chi connectivity index (χ3n) is 25.8. The van der Waals surface area contributed by atoms with E-state index in [4.69, 9.17) is 24.1 Å². The van der Waals surface area contributed by atoms with Crippen LogP contribution in [0.1, 0.15) is 29.4 Å². The van der Waals surface area contributed by atoms with Gasteiger partial charge in [0.1, 0.15) is 50.9 Å². The van der Waals surface area contributed by atoms with Gasteiger partial charge in [-0.1, -0.05) is 12.1 Å². The van der Waals surface area contributed by atoms with Crippen molar-refractivity contribution < 1.29 is 29.7 Å². The lowest BCUT2D eigenvalue weighted by molar-refractivity contribution is -0.825. The number of oxazole rings is 1. The highest BCUT2D eigenvalue weighted by atomic mass is 32.2. The number of piperazine rings is 4. The number of nitrogens with two attached hydrogens (primary N) is 1. The maximum absolute atomic E-state index is 14.1. The Morgan fingerprint density at radius 3 is 1.26 bits per heavy atom. The molecular formula is C102H111FN27O9S+. The van der Waals surface area contributed by atoms with Crippen molar-refractivity contribution in [2.24, 2.45) is 0 Å². The Kier molecular flexibility index (Phi) is 28.4. The molecule has 5 saturated heterocycles. The predicted molar refractivity (Wildman–Crippen MR) is 545 cm³/mol. The number of rotatable bonds is 13. The minimum atomic E-state index is -0.300. The van der Waals surface area contributed by atoms with Gasteiger partial charge in [-0.15, -0.1) is 11.8 Å². The highest BCUT2D eigenvalue weighted by Crippen LogP contribution is 2.32. The number of aromatic nitrogens is 16. The van der Waals surface area contributed by atoms with E-state index in [2.05, 4.69) is 107 Å². The van der Waals surface area contributed by atoms with Crippen molar-refractivity contribution in [2.45, 2.75) is 39.0 Å². The minimum Gasteiger partial charge on any atom is -0.491 e. The van der Waals surface area contributed by atoms with Gasteiger partial charge in [-0.2, -0.15) is 10.6 Å². The maximum Gasteiger partial charge on any atom is 0.258 e. The molecule has 0 spiro atoms. The summed E-state index contributed by atoms with van der Waals surface area (Å²) in [5.41, 5.74) is 21.9. The first-order valence-corrected chi connectivity index (χ1v) is 47.7. The average molecular weight is 1910 g/mol. The number of hydrogen-bond donors (Lipinski definition) is 4. The largest absolute Gasteiger partial charge is 0.491 e. The number of aryl methyl sites for hydroxylation is 4. The second-order valence-corrected chi connectivity index (χ2v) is 36.3. The van der Waals surface area contributed by atoms with Crippen molar-refractivity contribution in [3.8, 4) is 62.2 Å². The summed E-state index contributed by atoms with van der Waals surface area (Å²) >= 11 is 1.35. The summed E-state index contributed by atoms with van der Waals surface area (Å²) in [5.74, 6) is 0.876. The van der Waals surface area contributed by atoms with Gasteiger partial charge in [-0.25, -0.2) is 49.0 Å². The predicted octanol–water partition coefficient (Wildman–Crippen LogP) is 8.97. The Balaban J connectivity index is 0.000000116. The van der Waals surface area contributed by atoms with Crippen molar-refractivity contribution in [2.75, 3.05) is 190 Å². The van der Waals surface area contributed by atoms with Crippen LogP contribution in [0.5, 0.6) is 5.75 Å². The Labute approximate surface area is 807 Å². The van der Waals surface area contributed by atoms with E-state index in [1.54, 1.807) is 76.1 Å². The summed E-state index contributed by atoms with van der Waals surface area (Å²) in [5, 5.41) is 20.6. The fraction of sp³-hybridized carbons (Fsp3) is 0.294. The quantitative estimate of drug-likeness (QED) is 0.0475. The van der Waals surface area contributed by atoms with Crippen molar-refractivity contribution >= 4 is 96.4 Å². The monoisotopic (exact) mass is 1910 g/mol. The van der Waals surface area contributed by atoms with E-state index in [1.165, 1.54) is 30.0 Å². The number of thioether (sulfide) groups is 1. The average Bonchev–Trinajstić information content (AvgIpc) is 1.63. The third kappa shape index (κ3) is 21.0. The number of imidazole rings is 1. The number of benzene rings is 3. The Morgan fingerprint density at radius 2 is 0.793 bits per heavy atom. The van der Waals surface area contributed by atoms with E-state index in [-0.39, 0.29) is 39.1 Å². The van der Waals surface area contributed by atoms with E-state index in [1.807, 2.05) is 185 Å². The number of pyridine rings is 6. The van der Waals surface area contributed by atoms with Gasteiger partial charge in [0.2, 0.25) is 5.69 Å². The van der Waals surface area contributed by atoms with Crippen LogP contribution in [-0.4, -0.2) is 267 Å². The molecule has 0 atom stereocenters. The van der Waals surface area contributed by atoms with Crippen LogP contribution in [0.15, 0.2) is 247 Å². The molecule has 0 aliphatic carbocycles. The molecule has 23 rings (SSSR count). The lowest BCUT2D eigenvalue weighted by Crippen LogP contribution is -2.73. The first-order chi connectivity index (χ1) is 67.4. The number of ether oxygens (including phenoxy) is 1. The van der Waals surface area contributed by atoms with Crippen LogP contribution in [-0.2, 0) is 0 Å². The summed E-state index contributed by atoms with van der Waals surface area (Å²) in [6.45, 7) is 27.1. The van der Waals surface area contributed by atoms with Crippen molar-refractivity contribution in [1.82, 2.24) is 101 Å². The number of fused-ring (bicyclic) bond motifs is 8. The van der Waals surface area contributed by atoms with Crippen LogP contribution in [0.2, 0.25) is 0 Å². The number of nitrogens with one attached hydrogen (secondary N) is 2. The van der Waals surface area contributed by atoms with Gasteiger partial charge >= 0.3 is 0 Å². The third-order valence-corrected chi connectivity index (χ3v) is 26.6. The second kappa shape index (κ2) is 41.7. The zero-order valence-corrected chi connectivity index (χ0v) is 80.3. The van der Waals surface area contributed by atoms with Crippen LogP contribution in [0.3, 0.4) is 0 Å². The van der Waals surface area contributed by atoms with Gasteiger partial charge < -0.3 is 68.9 Å². The molecule has 0 amide bonds. The molecule has 0 unspecified atom stereocenters. The smallest absolute Gasteiger partial charge is 0.258 e. The maximum atomic E-state index is 14.1. The molecule has 5 fully saturated rings. The fourth-order valence-corrected chi connectivity index (χ4v) is 18.6. The zero-order chi connectivity index (χ0) is 96.2. The second-order valence-electron chi connectivity index (χ2n) is 35.4. The number of anilines is 5. The van der Waals surface area contributed by atoms with Crippen LogP contribution < -0.4 is 73.1 Å². The first-order valence-electron chi connectivity index (χ1n) is 46.5. The number of methoxy groups -OCH3 is 1. The van der Waals surface area contributed by atoms with Crippen LogP contribution in [0, 0.1) is 33.5 Å².